The molecule has 2 fully saturated rings. The zero-order chi connectivity index (χ0) is 22.7. The molecular weight excluding hydrogens is 454 g/mol. The van der Waals surface area contributed by atoms with E-state index in [1.165, 1.54) is 6.42 Å². The number of carbonyl (C=O) groups excluding carboxylic acids is 1. The SMILES string of the molecule is O=C(N[C@H]1[C@H](O)[C@@H](O)[C@H](CO)O[C@H]1SC1CCCCC1)c1ccc(-c2ccc(Cl)cc2)o1. The first-order valence-electron chi connectivity index (χ1n) is 10.9. The van der Waals surface area contributed by atoms with Crippen molar-refractivity contribution in [3.8, 4) is 11.3 Å². The standard InChI is InChI=1S/C23H28ClNO6S/c24-14-8-6-13(7-9-14)16-10-11-17(30-16)22(29)25-19-21(28)20(27)18(12-26)31-23(19)32-15-4-2-1-3-5-15/h6-11,15,18-21,23,26-28H,1-5,12H2,(H,25,29)/t18-,19-,20-,21-,23-/m0/s1. The van der Waals surface area contributed by atoms with E-state index >= 15 is 0 Å². The molecule has 5 atom stereocenters. The molecule has 2 heterocycles. The zero-order valence-corrected chi connectivity index (χ0v) is 19.1. The number of nitrogens with one attached hydrogen (secondary N) is 1. The number of thioether (sulfide) groups is 1. The third kappa shape index (κ3) is 5.32. The summed E-state index contributed by atoms with van der Waals surface area (Å²) in [6.45, 7) is -0.413. The molecular formula is C23H28ClNO6S. The van der Waals surface area contributed by atoms with Gasteiger partial charge in [0, 0.05) is 15.8 Å². The predicted octanol–water partition coefficient (Wildman–Crippen LogP) is 3.20. The Balaban J connectivity index is 1.49. The van der Waals surface area contributed by atoms with Gasteiger partial charge in [0.2, 0.25) is 0 Å². The third-order valence-corrected chi connectivity index (χ3v) is 7.80. The summed E-state index contributed by atoms with van der Waals surface area (Å²) in [6, 6.07) is 9.47. The lowest BCUT2D eigenvalue weighted by atomic mass is 9.98. The molecule has 174 valence electrons. The summed E-state index contributed by atoms with van der Waals surface area (Å²) in [4.78, 5) is 12.9. The van der Waals surface area contributed by atoms with Crippen LogP contribution in [0, 0.1) is 0 Å². The van der Waals surface area contributed by atoms with Crippen LogP contribution in [-0.2, 0) is 4.74 Å². The van der Waals surface area contributed by atoms with Crippen molar-refractivity contribution in [3.05, 3.63) is 47.2 Å². The minimum Gasteiger partial charge on any atom is -0.451 e. The lowest BCUT2D eigenvalue weighted by Crippen LogP contribution is -2.63. The number of halogens is 1. The molecule has 4 N–H and O–H groups in total. The maximum Gasteiger partial charge on any atom is 0.287 e. The van der Waals surface area contributed by atoms with Crippen molar-refractivity contribution in [3.63, 3.8) is 0 Å². The molecule has 0 unspecified atom stereocenters. The van der Waals surface area contributed by atoms with Gasteiger partial charge in [0.25, 0.3) is 5.91 Å². The normalized spacial score (nSPS) is 29.1. The number of furan rings is 1. The van der Waals surface area contributed by atoms with Crippen molar-refractivity contribution >= 4 is 29.3 Å². The van der Waals surface area contributed by atoms with Crippen LogP contribution in [0.4, 0.5) is 0 Å². The van der Waals surface area contributed by atoms with E-state index < -0.39 is 42.3 Å². The first kappa shape index (κ1) is 23.6. The van der Waals surface area contributed by atoms with E-state index in [9.17, 15) is 20.1 Å². The highest BCUT2D eigenvalue weighted by Crippen LogP contribution is 2.37. The maximum atomic E-state index is 12.9. The molecule has 32 heavy (non-hydrogen) atoms. The summed E-state index contributed by atoms with van der Waals surface area (Å²) >= 11 is 7.48. The Bertz CT molecular complexity index is 900. The van der Waals surface area contributed by atoms with Crippen LogP contribution < -0.4 is 5.32 Å². The van der Waals surface area contributed by atoms with E-state index in [-0.39, 0.29) is 5.76 Å². The number of benzene rings is 1. The average molecular weight is 482 g/mol. The highest BCUT2D eigenvalue weighted by molar-refractivity contribution is 8.00. The van der Waals surface area contributed by atoms with E-state index in [0.717, 1.165) is 31.2 Å². The fourth-order valence-corrected chi connectivity index (χ4v) is 5.91. The predicted molar refractivity (Wildman–Crippen MR) is 123 cm³/mol. The van der Waals surface area contributed by atoms with E-state index in [1.807, 2.05) is 0 Å². The summed E-state index contributed by atoms with van der Waals surface area (Å²) in [5, 5.41) is 34.4. The van der Waals surface area contributed by atoms with E-state index in [0.29, 0.717) is 16.0 Å². The molecule has 1 saturated carbocycles. The fourth-order valence-electron chi connectivity index (χ4n) is 4.19. The van der Waals surface area contributed by atoms with Gasteiger partial charge in [-0.3, -0.25) is 4.79 Å². The molecule has 1 amide bonds. The van der Waals surface area contributed by atoms with Gasteiger partial charge in [-0.2, -0.15) is 0 Å². The Morgan fingerprint density at radius 1 is 1.06 bits per heavy atom. The van der Waals surface area contributed by atoms with Crippen molar-refractivity contribution in [2.45, 2.75) is 67.1 Å². The monoisotopic (exact) mass is 481 g/mol. The van der Waals surface area contributed by atoms with Crippen LogP contribution >= 0.6 is 23.4 Å². The summed E-state index contributed by atoms with van der Waals surface area (Å²) < 4.78 is 11.6. The number of aliphatic hydroxyl groups excluding tert-OH is 3. The first-order valence-corrected chi connectivity index (χ1v) is 12.2. The van der Waals surface area contributed by atoms with E-state index in [4.69, 9.17) is 20.8 Å². The van der Waals surface area contributed by atoms with Gasteiger partial charge in [-0.1, -0.05) is 30.9 Å². The van der Waals surface area contributed by atoms with Crippen LogP contribution in [0.3, 0.4) is 0 Å². The molecule has 1 aromatic heterocycles. The molecule has 1 aliphatic heterocycles. The Kier molecular flexibility index (Phi) is 7.81. The lowest BCUT2D eigenvalue weighted by molar-refractivity contribution is -0.170. The average Bonchev–Trinajstić information content (AvgIpc) is 3.30. The summed E-state index contributed by atoms with van der Waals surface area (Å²) in [5.74, 6) is 0.0878. The largest absolute Gasteiger partial charge is 0.451 e. The van der Waals surface area contributed by atoms with Gasteiger partial charge in [0.15, 0.2) is 5.76 Å². The molecule has 4 rings (SSSR count). The van der Waals surface area contributed by atoms with Crippen LogP contribution in [0.1, 0.15) is 42.7 Å². The number of aliphatic hydroxyl groups is 3. The van der Waals surface area contributed by atoms with Gasteiger partial charge in [-0.25, -0.2) is 0 Å². The molecule has 1 aromatic carbocycles. The second-order valence-corrected chi connectivity index (χ2v) is 10.1. The summed E-state index contributed by atoms with van der Waals surface area (Å²) in [6.07, 6.45) is 2.06. The van der Waals surface area contributed by atoms with Crippen LogP contribution in [0.25, 0.3) is 11.3 Å². The highest BCUT2D eigenvalue weighted by atomic mass is 35.5. The molecule has 2 aliphatic rings. The Morgan fingerprint density at radius 2 is 1.78 bits per heavy atom. The van der Waals surface area contributed by atoms with Crippen LogP contribution in [0.2, 0.25) is 5.02 Å². The van der Waals surface area contributed by atoms with Crippen molar-refractivity contribution in [2.24, 2.45) is 0 Å². The lowest BCUT2D eigenvalue weighted by Gasteiger charge is -2.43. The quantitative estimate of drug-likeness (QED) is 0.501. The summed E-state index contributed by atoms with van der Waals surface area (Å²) in [5.41, 5.74) is 0.185. The molecule has 2 aromatic rings. The Hall–Kier alpha value is -1.55. The minimum atomic E-state index is -1.31. The Morgan fingerprint density at radius 3 is 2.47 bits per heavy atom. The highest BCUT2D eigenvalue weighted by Gasteiger charge is 2.46. The number of carbonyl (C=O) groups is 1. The molecule has 0 spiro atoms. The number of ether oxygens (including phenoxy) is 1. The van der Waals surface area contributed by atoms with Crippen LogP contribution in [0.5, 0.6) is 0 Å². The number of hydrogen-bond donors (Lipinski definition) is 4. The molecule has 7 nitrogen and oxygen atoms in total. The first-order chi connectivity index (χ1) is 15.5. The van der Waals surface area contributed by atoms with E-state index in [1.54, 1.807) is 48.2 Å². The number of amides is 1. The van der Waals surface area contributed by atoms with Gasteiger partial charge in [0.1, 0.15) is 29.5 Å². The van der Waals surface area contributed by atoms with Gasteiger partial charge in [0.05, 0.1) is 12.6 Å². The van der Waals surface area contributed by atoms with Crippen molar-refractivity contribution < 1.29 is 29.3 Å². The molecule has 9 heteroatoms. The van der Waals surface area contributed by atoms with E-state index in [2.05, 4.69) is 5.32 Å². The van der Waals surface area contributed by atoms with Crippen molar-refractivity contribution in [2.75, 3.05) is 6.61 Å². The van der Waals surface area contributed by atoms with Gasteiger partial charge in [-0.15, -0.1) is 11.8 Å². The van der Waals surface area contributed by atoms with Crippen molar-refractivity contribution in [1.29, 1.82) is 0 Å². The smallest absolute Gasteiger partial charge is 0.287 e. The second-order valence-electron chi connectivity index (χ2n) is 8.27. The van der Waals surface area contributed by atoms with Gasteiger partial charge >= 0.3 is 0 Å². The van der Waals surface area contributed by atoms with Gasteiger partial charge < -0.3 is 29.8 Å². The Labute approximate surface area is 196 Å². The van der Waals surface area contributed by atoms with Crippen molar-refractivity contribution in [1.82, 2.24) is 5.32 Å². The second kappa shape index (κ2) is 10.6. The molecule has 0 bridgehead atoms. The third-order valence-electron chi connectivity index (χ3n) is 6.02. The fraction of sp³-hybridized carbons (Fsp3) is 0.522. The molecule has 1 saturated heterocycles. The maximum absolute atomic E-state index is 12.9. The minimum absolute atomic E-state index is 0.0855. The zero-order valence-electron chi connectivity index (χ0n) is 17.5. The number of hydrogen-bond acceptors (Lipinski definition) is 7. The van der Waals surface area contributed by atoms with Gasteiger partial charge in [-0.05, 0) is 49.2 Å². The molecule has 0 radical (unpaired) electrons. The summed E-state index contributed by atoms with van der Waals surface area (Å²) in [7, 11) is 0. The number of rotatable bonds is 6. The topological polar surface area (TPSA) is 112 Å². The molecule has 1 aliphatic carbocycles. The van der Waals surface area contributed by atoms with Crippen LogP contribution in [-0.4, -0.2) is 62.9 Å². The van der Waals surface area contributed by atoms with Crippen LogP contribution in [0.15, 0.2) is 40.8 Å².